The zero-order chi connectivity index (χ0) is 23.2. The third kappa shape index (κ3) is 4.15. The Morgan fingerprint density at radius 3 is 2.76 bits per heavy atom. The largest absolute Gasteiger partial charge is 0.371 e. The third-order valence-corrected chi connectivity index (χ3v) is 6.80. The van der Waals surface area contributed by atoms with Gasteiger partial charge in [-0.15, -0.1) is 5.10 Å². The summed E-state index contributed by atoms with van der Waals surface area (Å²) in [4.78, 5) is 15.0. The summed E-state index contributed by atoms with van der Waals surface area (Å²) in [7, 11) is 0. The lowest BCUT2D eigenvalue weighted by Crippen LogP contribution is -2.65. The molecule has 2 saturated heterocycles. The summed E-state index contributed by atoms with van der Waals surface area (Å²) in [5.74, 6) is 0.112. The van der Waals surface area contributed by atoms with Gasteiger partial charge in [0.1, 0.15) is 17.1 Å². The second kappa shape index (κ2) is 8.53. The normalized spacial score (nSPS) is 19.6. The Kier molecular flexibility index (Phi) is 5.70. The van der Waals surface area contributed by atoms with Gasteiger partial charge in [0.15, 0.2) is 0 Å². The van der Waals surface area contributed by atoms with Gasteiger partial charge in [0.05, 0.1) is 30.7 Å². The quantitative estimate of drug-likeness (QED) is 0.566. The zero-order valence-electron chi connectivity index (χ0n) is 18.7. The van der Waals surface area contributed by atoms with Crippen molar-refractivity contribution in [1.29, 1.82) is 0 Å². The van der Waals surface area contributed by atoms with E-state index >= 15 is 0 Å². The number of nitrogens with zero attached hydrogens (tertiary/aromatic N) is 6. The summed E-state index contributed by atoms with van der Waals surface area (Å²) in [6.45, 7) is 7.12. The molecule has 1 spiro atoms. The Morgan fingerprint density at radius 1 is 1.27 bits per heavy atom. The summed E-state index contributed by atoms with van der Waals surface area (Å²) >= 11 is 5.89. The van der Waals surface area contributed by atoms with Crippen LogP contribution in [0.25, 0.3) is 11.3 Å². The molecule has 0 amide bonds. The van der Waals surface area contributed by atoms with Gasteiger partial charge < -0.3 is 9.64 Å². The lowest BCUT2D eigenvalue weighted by Gasteiger charge is -2.53. The van der Waals surface area contributed by atoms with Gasteiger partial charge in [0.2, 0.25) is 0 Å². The van der Waals surface area contributed by atoms with Crippen LogP contribution in [-0.2, 0) is 17.8 Å². The van der Waals surface area contributed by atoms with Crippen molar-refractivity contribution in [2.45, 2.75) is 45.4 Å². The Labute approximate surface area is 195 Å². The first-order valence-electron chi connectivity index (χ1n) is 11.2. The van der Waals surface area contributed by atoms with Crippen LogP contribution in [0.4, 0.5) is 10.1 Å². The fourth-order valence-corrected chi connectivity index (χ4v) is 4.72. The number of benzene rings is 1. The Balaban J connectivity index is 1.37. The van der Waals surface area contributed by atoms with Crippen LogP contribution >= 0.6 is 11.6 Å². The number of anilines is 1. The molecular weight excluding hydrogens is 447 g/mol. The number of halogens is 2. The molecule has 0 aliphatic carbocycles. The maximum atomic E-state index is 14.5. The first-order chi connectivity index (χ1) is 15.9. The van der Waals surface area contributed by atoms with Gasteiger partial charge in [0.25, 0.3) is 5.56 Å². The van der Waals surface area contributed by atoms with Crippen LogP contribution in [0.2, 0.25) is 5.02 Å². The zero-order valence-corrected chi connectivity index (χ0v) is 19.4. The SMILES string of the molecule is CCn1nnc(-c2ccc(Cl)cc2F)c1Cn1ncc(N2CC3(CCC(C)CO3)C2)cc1=O. The van der Waals surface area contributed by atoms with E-state index in [2.05, 4.69) is 27.2 Å². The second-order valence-corrected chi connectivity index (χ2v) is 9.46. The molecule has 1 aromatic carbocycles. The number of aromatic nitrogens is 5. The van der Waals surface area contributed by atoms with Crippen molar-refractivity contribution in [1.82, 2.24) is 24.8 Å². The Bertz CT molecular complexity index is 1230. The number of aryl methyl sites for hydroxylation is 1. The molecule has 4 heterocycles. The Hall–Kier alpha value is -2.78. The minimum Gasteiger partial charge on any atom is -0.371 e. The van der Waals surface area contributed by atoms with Gasteiger partial charge in [-0.05, 0) is 43.9 Å². The first-order valence-corrected chi connectivity index (χ1v) is 11.6. The molecule has 0 saturated carbocycles. The molecule has 8 nitrogen and oxygen atoms in total. The summed E-state index contributed by atoms with van der Waals surface area (Å²) < 4.78 is 23.6. The van der Waals surface area contributed by atoms with Crippen molar-refractivity contribution in [2.75, 3.05) is 24.6 Å². The highest BCUT2D eigenvalue weighted by Gasteiger charge is 2.46. The van der Waals surface area contributed by atoms with Crippen molar-refractivity contribution in [3.63, 3.8) is 0 Å². The molecule has 3 aromatic rings. The number of rotatable bonds is 5. The van der Waals surface area contributed by atoms with Crippen molar-refractivity contribution in [2.24, 2.45) is 5.92 Å². The van der Waals surface area contributed by atoms with Crippen molar-refractivity contribution in [3.05, 3.63) is 57.3 Å². The fraction of sp³-hybridized carbons (Fsp3) is 0.478. The van der Waals surface area contributed by atoms with Gasteiger partial charge in [-0.3, -0.25) is 4.79 Å². The van der Waals surface area contributed by atoms with E-state index in [1.54, 1.807) is 29.1 Å². The first kappa shape index (κ1) is 22.0. The maximum absolute atomic E-state index is 14.5. The van der Waals surface area contributed by atoms with E-state index in [9.17, 15) is 9.18 Å². The highest BCUT2D eigenvalue weighted by molar-refractivity contribution is 6.30. The molecule has 174 valence electrons. The van der Waals surface area contributed by atoms with Gasteiger partial charge >= 0.3 is 0 Å². The third-order valence-electron chi connectivity index (χ3n) is 6.57. The topological polar surface area (TPSA) is 78.1 Å². The van der Waals surface area contributed by atoms with E-state index in [0.717, 1.165) is 31.8 Å². The molecule has 5 rings (SSSR count). The van der Waals surface area contributed by atoms with Crippen molar-refractivity contribution < 1.29 is 9.13 Å². The molecule has 0 radical (unpaired) electrons. The minimum absolute atomic E-state index is 0.0851. The van der Waals surface area contributed by atoms with E-state index in [0.29, 0.717) is 28.9 Å². The standard InChI is InChI=1S/C23H26ClFN6O2/c1-3-30-20(22(27-28-30)18-5-4-16(24)8-19(18)25)11-31-21(32)9-17(10-26-31)29-13-23(14-29)7-6-15(2)12-33-23/h4-5,8-10,15H,3,6-7,11-14H2,1-2H3. The molecule has 1 unspecified atom stereocenters. The molecule has 1 atom stereocenters. The summed E-state index contributed by atoms with van der Waals surface area (Å²) in [6.07, 6.45) is 3.92. The molecule has 0 N–H and O–H groups in total. The van der Waals surface area contributed by atoms with E-state index < -0.39 is 5.82 Å². The van der Waals surface area contributed by atoms with Crippen LogP contribution in [0.5, 0.6) is 0 Å². The molecule has 33 heavy (non-hydrogen) atoms. The average Bonchev–Trinajstić information content (AvgIpc) is 3.16. The van der Waals surface area contributed by atoms with Crippen LogP contribution in [0.15, 0.2) is 35.3 Å². The van der Waals surface area contributed by atoms with E-state index in [1.807, 2.05) is 6.92 Å². The van der Waals surface area contributed by atoms with E-state index in [1.165, 1.54) is 17.2 Å². The molecule has 10 heteroatoms. The van der Waals surface area contributed by atoms with E-state index in [-0.39, 0.29) is 23.3 Å². The molecule has 2 aliphatic heterocycles. The fourth-order valence-electron chi connectivity index (χ4n) is 4.56. The maximum Gasteiger partial charge on any atom is 0.269 e. The molecule has 2 aromatic heterocycles. The van der Waals surface area contributed by atoms with Gasteiger partial charge in [-0.1, -0.05) is 23.7 Å². The van der Waals surface area contributed by atoms with Crippen LogP contribution in [0.1, 0.15) is 32.4 Å². The van der Waals surface area contributed by atoms with Gasteiger partial charge in [0, 0.05) is 36.3 Å². The smallest absolute Gasteiger partial charge is 0.269 e. The monoisotopic (exact) mass is 472 g/mol. The van der Waals surface area contributed by atoms with Crippen LogP contribution in [0, 0.1) is 11.7 Å². The van der Waals surface area contributed by atoms with Crippen molar-refractivity contribution in [3.8, 4) is 11.3 Å². The van der Waals surface area contributed by atoms with Crippen LogP contribution in [0.3, 0.4) is 0 Å². The summed E-state index contributed by atoms with van der Waals surface area (Å²) in [5, 5.41) is 13.0. The number of hydrogen-bond acceptors (Lipinski definition) is 6. The molecule has 0 bridgehead atoms. The molecule has 2 fully saturated rings. The summed E-state index contributed by atoms with van der Waals surface area (Å²) in [6, 6.07) is 6.00. The van der Waals surface area contributed by atoms with Crippen LogP contribution in [-0.4, -0.2) is 50.1 Å². The van der Waals surface area contributed by atoms with Crippen molar-refractivity contribution >= 4 is 17.3 Å². The highest BCUT2D eigenvalue weighted by Crippen LogP contribution is 2.37. The molecule has 2 aliphatic rings. The lowest BCUT2D eigenvalue weighted by molar-refractivity contribution is -0.113. The highest BCUT2D eigenvalue weighted by atomic mass is 35.5. The lowest BCUT2D eigenvalue weighted by atomic mass is 9.83. The predicted octanol–water partition coefficient (Wildman–Crippen LogP) is 3.37. The predicted molar refractivity (Wildman–Crippen MR) is 123 cm³/mol. The van der Waals surface area contributed by atoms with Gasteiger partial charge in [-0.25, -0.2) is 13.8 Å². The number of ether oxygens (including phenoxy) is 1. The molecular formula is C23H26ClFN6O2. The van der Waals surface area contributed by atoms with Crippen LogP contribution < -0.4 is 10.5 Å². The second-order valence-electron chi connectivity index (χ2n) is 9.03. The minimum atomic E-state index is -0.492. The number of hydrogen-bond donors (Lipinski definition) is 0. The van der Waals surface area contributed by atoms with Gasteiger partial charge in [-0.2, -0.15) is 5.10 Å². The average molecular weight is 473 g/mol. The van der Waals surface area contributed by atoms with E-state index in [4.69, 9.17) is 16.3 Å². The Morgan fingerprint density at radius 2 is 2.09 bits per heavy atom. The summed E-state index contributed by atoms with van der Waals surface area (Å²) in [5.41, 5.74) is 1.73.